The van der Waals surface area contributed by atoms with E-state index < -0.39 is 0 Å². The number of nitrogens with zero attached hydrogens (tertiary/aromatic N) is 1. The van der Waals surface area contributed by atoms with Crippen LogP contribution < -0.4 is 20.1 Å². The molecule has 124 valence electrons. The third kappa shape index (κ3) is 5.90. The maximum atomic E-state index is 5.38. The van der Waals surface area contributed by atoms with E-state index in [-0.39, 0.29) is 24.0 Å². The number of aliphatic imine (C=N–C) groups is 1. The van der Waals surface area contributed by atoms with Gasteiger partial charge in [-0.1, -0.05) is 19.9 Å². The second-order valence-corrected chi connectivity index (χ2v) is 5.49. The lowest BCUT2D eigenvalue weighted by atomic mass is 10.1. The van der Waals surface area contributed by atoms with Crippen LogP contribution in [0.3, 0.4) is 0 Å². The SMILES string of the molecule is CCNC(=NCc1ccc2c(c1)OCO2)NCCC(C)C.I. The van der Waals surface area contributed by atoms with Gasteiger partial charge in [0, 0.05) is 13.1 Å². The number of ether oxygens (including phenoxy) is 2. The normalized spacial score (nSPS) is 13.0. The molecule has 1 heterocycles. The Bertz CT molecular complexity index is 492. The van der Waals surface area contributed by atoms with Crippen molar-refractivity contribution in [2.24, 2.45) is 10.9 Å². The van der Waals surface area contributed by atoms with Gasteiger partial charge in [-0.25, -0.2) is 4.99 Å². The number of hydrogen-bond acceptors (Lipinski definition) is 3. The lowest BCUT2D eigenvalue weighted by molar-refractivity contribution is 0.174. The Kier molecular flexibility index (Phi) is 8.37. The van der Waals surface area contributed by atoms with Crippen molar-refractivity contribution in [3.8, 4) is 11.5 Å². The van der Waals surface area contributed by atoms with Gasteiger partial charge >= 0.3 is 0 Å². The molecule has 0 aliphatic carbocycles. The van der Waals surface area contributed by atoms with Crippen LogP contribution >= 0.6 is 24.0 Å². The summed E-state index contributed by atoms with van der Waals surface area (Å²) in [4.78, 5) is 4.60. The lowest BCUT2D eigenvalue weighted by Crippen LogP contribution is -2.38. The standard InChI is InChI=1S/C16H25N3O2.HI/c1-4-17-16(18-8-7-12(2)3)19-10-13-5-6-14-15(9-13)21-11-20-14;/h5-6,9,12H,4,7-8,10-11H2,1-3H3,(H2,17,18,19);1H. The minimum absolute atomic E-state index is 0. The third-order valence-corrected chi connectivity index (χ3v) is 3.22. The number of halogens is 1. The summed E-state index contributed by atoms with van der Waals surface area (Å²) >= 11 is 0. The van der Waals surface area contributed by atoms with Crippen LogP contribution in [0.5, 0.6) is 11.5 Å². The first-order valence-electron chi connectivity index (χ1n) is 7.59. The monoisotopic (exact) mass is 419 g/mol. The van der Waals surface area contributed by atoms with E-state index in [2.05, 4.69) is 36.4 Å². The van der Waals surface area contributed by atoms with Crippen LogP contribution in [0.1, 0.15) is 32.8 Å². The zero-order valence-corrected chi connectivity index (χ0v) is 15.8. The van der Waals surface area contributed by atoms with Crippen LogP contribution in [-0.2, 0) is 6.54 Å². The largest absolute Gasteiger partial charge is 0.454 e. The molecule has 2 rings (SSSR count). The first-order valence-corrected chi connectivity index (χ1v) is 7.59. The summed E-state index contributed by atoms with van der Waals surface area (Å²) in [6.07, 6.45) is 1.13. The number of nitrogens with one attached hydrogen (secondary N) is 2. The number of benzene rings is 1. The van der Waals surface area contributed by atoms with Crippen molar-refractivity contribution in [1.82, 2.24) is 10.6 Å². The Hall–Kier alpha value is -1.18. The predicted octanol–water partition coefficient (Wildman–Crippen LogP) is 3.13. The van der Waals surface area contributed by atoms with E-state index in [1.807, 2.05) is 18.2 Å². The second kappa shape index (κ2) is 9.76. The summed E-state index contributed by atoms with van der Waals surface area (Å²) in [5.41, 5.74) is 1.11. The van der Waals surface area contributed by atoms with E-state index in [9.17, 15) is 0 Å². The summed E-state index contributed by atoms with van der Waals surface area (Å²) in [6.45, 7) is 9.23. The molecule has 6 heteroatoms. The number of hydrogen-bond donors (Lipinski definition) is 2. The maximum Gasteiger partial charge on any atom is 0.231 e. The van der Waals surface area contributed by atoms with Crippen molar-refractivity contribution < 1.29 is 9.47 Å². The molecule has 0 amide bonds. The van der Waals surface area contributed by atoms with Crippen molar-refractivity contribution in [1.29, 1.82) is 0 Å². The molecule has 22 heavy (non-hydrogen) atoms. The lowest BCUT2D eigenvalue weighted by Gasteiger charge is -2.12. The zero-order valence-electron chi connectivity index (χ0n) is 13.5. The van der Waals surface area contributed by atoms with Gasteiger partial charge in [-0.05, 0) is 37.0 Å². The van der Waals surface area contributed by atoms with Crippen LogP contribution in [0, 0.1) is 5.92 Å². The number of rotatable bonds is 6. The van der Waals surface area contributed by atoms with Gasteiger partial charge in [0.05, 0.1) is 6.54 Å². The molecule has 0 bridgehead atoms. The quantitative estimate of drug-likeness (QED) is 0.423. The molecule has 1 aromatic carbocycles. The maximum absolute atomic E-state index is 5.38. The highest BCUT2D eigenvalue weighted by Gasteiger charge is 2.12. The minimum atomic E-state index is 0. The van der Waals surface area contributed by atoms with Gasteiger partial charge in [0.15, 0.2) is 17.5 Å². The summed E-state index contributed by atoms with van der Waals surface area (Å²) in [7, 11) is 0. The number of guanidine groups is 1. The highest BCUT2D eigenvalue weighted by molar-refractivity contribution is 14.0. The Labute approximate surface area is 149 Å². The molecular weight excluding hydrogens is 393 g/mol. The molecular formula is C16H26IN3O2. The topological polar surface area (TPSA) is 54.9 Å². The first-order chi connectivity index (χ1) is 10.2. The molecule has 0 saturated carbocycles. The van der Waals surface area contributed by atoms with Crippen LogP contribution in [-0.4, -0.2) is 25.8 Å². The van der Waals surface area contributed by atoms with E-state index in [1.165, 1.54) is 0 Å². The molecule has 1 aliphatic rings. The molecule has 0 unspecified atom stereocenters. The highest BCUT2D eigenvalue weighted by Crippen LogP contribution is 2.32. The summed E-state index contributed by atoms with van der Waals surface area (Å²) in [6, 6.07) is 5.95. The van der Waals surface area contributed by atoms with Gasteiger partial charge < -0.3 is 20.1 Å². The molecule has 0 fully saturated rings. The minimum Gasteiger partial charge on any atom is -0.454 e. The fourth-order valence-corrected chi connectivity index (χ4v) is 2.03. The molecule has 0 spiro atoms. The van der Waals surface area contributed by atoms with E-state index in [4.69, 9.17) is 9.47 Å². The molecule has 0 atom stereocenters. The van der Waals surface area contributed by atoms with Gasteiger partial charge in [0.2, 0.25) is 6.79 Å². The summed E-state index contributed by atoms with van der Waals surface area (Å²) in [5.74, 6) is 3.16. The molecule has 2 N–H and O–H groups in total. The zero-order chi connectivity index (χ0) is 15.1. The summed E-state index contributed by atoms with van der Waals surface area (Å²) < 4.78 is 10.7. The molecule has 0 saturated heterocycles. The smallest absolute Gasteiger partial charge is 0.231 e. The molecule has 0 radical (unpaired) electrons. The Morgan fingerprint density at radius 2 is 2.00 bits per heavy atom. The van der Waals surface area contributed by atoms with Crippen molar-refractivity contribution >= 4 is 29.9 Å². The van der Waals surface area contributed by atoms with Gasteiger partial charge in [0.25, 0.3) is 0 Å². The third-order valence-electron chi connectivity index (χ3n) is 3.22. The van der Waals surface area contributed by atoms with Gasteiger partial charge in [0.1, 0.15) is 0 Å². The fraction of sp³-hybridized carbons (Fsp3) is 0.562. The van der Waals surface area contributed by atoms with E-state index in [0.717, 1.165) is 42.5 Å². The van der Waals surface area contributed by atoms with E-state index in [0.29, 0.717) is 19.3 Å². The number of fused-ring (bicyclic) bond motifs is 1. The van der Waals surface area contributed by atoms with Crippen LogP contribution in [0.15, 0.2) is 23.2 Å². The van der Waals surface area contributed by atoms with Crippen LogP contribution in [0.4, 0.5) is 0 Å². The Morgan fingerprint density at radius 3 is 2.73 bits per heavy atom. The highest BCUT2D eigenvalue weighted by atomic mass is 127. The van der Waals surface area contributed by atoms with Crippen LogP contribution in [0.2, 0.25) is 0 Å². The molecule has 1 aromatic rings. The Morgan fingerprint density at radius 1 is 1.23 bits per heavy atom. The van der Waals surface area contributed by atoms with Crippen LogP contribution in [0.25, 0.3) is 0 Å². The van der Waals surface area contributed by atoms with Crippen molar-refractivity contribution in [2.75, 3.05) is 19.9 Å². The Balaban J connectivity index is 0.00000242. The molecule has 0 aromatic heterocycles. The van der Waals surface area contributed by atoms with Crippen molar-refractivity contribution in [2.45, 2.75) is 33.7 Å². The van der Waals surface area contributed by atoms with Gasteiger partial charge in [-0.2, -0.15) is 0 Å². The van der Waals surface area contributed by atoms with E-state index >= 15 is 0 Å². The van der Waals surface area contributed by atoms with Crippen molar-refractivity contribution in [3.05, 3.63) is 23.8 Å². The fourth-order valence-electron chi connectivity index (χ4n) is 2.03. The first kappa shape index (κ1) is 18.9. The predicted molar refractivity (Wildman–Crippen MR) is 100 cm³/mol. The van der Waals surface area contributed by atoms with Gasteiger partial charge in [-0.3, -0.25) is 0 Å². The average Bonchev–Trinajstić information content (AvgIpc) is 2.91. The molecule has 5 nitrogen and oxygen atoms in total. The van der Waals surface area contributed by atoms with Gasteiger partial charge in [-0.15, -0.1) is 24.0 Å². The average molecular weight is 419 g/mol. The molecule has 1 aliphatic heterocycles. The summed E-state index contributed by atoms with van der Waals surface area (Å²) in [5, 5.41) is 6.62. The van der Waals surface area contributed by atoms with Crippen molar-refractivity contribution in [3.63, 3.8) is 0 Å². The van der Waals surface area contributed by atoms with E-state index in [1.54, 1.807) is 0 Å². The second-order valence-electron chi connectivity index (χ2n) is 5.49.